The van der Waals surface area contributed by atoms with E-state index in [0.29, 0.717) is 5.75 Å². The van der Waals surface area contributed by atoms with Gasteiger partial charge < -0.3 is 9.84 Å². The quantitative estimate of drug-likeness (QED) is 0.787. The summed E-state index contributed by atoms with van der Waals surface area (Å²) in [4.78, 5) is 12.1. The minimum absolute atomic E-state index is 0.0231. The van der Waals surface area contributed by atoms with E-state index < -0.39 is 5.97 Å². The third kappa shape index (κ3) is 3.66. The fourth-order valence-electron chi connectivity index (χ4n) is 1.40. The van der Waals surface area contributed by atoms with Crippen LogP contribution < -0.4 is 4.74 Å². The van der Waals surface area contributed by atoms with Crippen molar-refractivity contribution in [3.63, 3.8) is 0 Å². The number of ether oxygens (including phenoxy) is 1. The lowest BCUT2D eigenvalue weighted by molar-refractivity contribution is 0.0685. The van der Waals surface area contributed by atoms with Crippen LogP contribution in [0.15, 0.2) is 23.1 Å². The van der Waals surface area contributed by atoms with Crippen molar-refractivity contribution in [2.45, 2.75) is 38.2 Å². The Labute approximate surface area is 106 Å². The largest absolute Gasteiger partial charge is 0.490 e. The van der Waals surface area contributed by atoms with E-state index in [1.165, 1.54) is 11.8 Å². The Bertz CT molecular complexity index is 390. The molecule has 0 aromatic heterocycles. The molecular formula is C13H18O3S. The van der Waals surface area contributed by atoms with Crippen LogP contribution in [0.4, 0.5) is 0 Å². The first-order valence-electron chi connectivity index (χ1n) is 5.75. The maximum absolute atomic E-state index is 11.3. The van der Waals surface area contributed by atoms with E-state index in [-0.39, 0.29) is 11.7 Å². The highest BCUT2D eigenvalue weighted by Crippen LogP contribution is 2.30. The molecule has 1 unspecified atom stereocenters. The zero-order valence-electron chi connectivity index (χ0n) is 10.4. The van der Waals surface area contributed by atoms with Crippen molar-refractivity contribution in [1.82, 2.24) is 0 Å². The molecule has 0 aliphatic carbocycles. The minimum atomic E-state index is -0.931. The molecule has 1 atom stereocenters. The highest BCUT2D eigenvalue weighted by atomic mass is 32.2. The lowest BCUT2D eigenvalue weighted by atomic mass is 10.2. The summed E-state index contributed by atoms with van der Waals surface area (Å²) in [7, 11) is 0. The van der Waals surface area contributed by atoms with Crippen molar-refractivity contribution in [2.24, 2.45) is 0 Å². The number of thioether (sulfide) groups is 1. The van der Waals surface area contributed by atoms with Gasteiger partial charge in [-0.1, -0.05) is 19.9 Å². The average molecular weight is 254 g/mol. The smallest absolute Gasteiger partial charge is 0.340 e. The Balaban J connectivity index is 3.10. The van der Waals surface area contributed by atoms with Crippen molar-refractivity contribution in [1.29, 1.82) is 0 Å². The highest BCUT2D eigenvalue weighted by molar-refractivity contribution is 7.99. The van der Waals surface area contributed by atoms with Crippen LogP contribution in [-0.4, -0.2) is 22.9 Å². The van der Waals surface area contributed by atoms with Crippen LogP contribution in [-0.2, 0) is 0 Å². The van der Waals surface area contributed by atoms with Gasteiger partial charge >= 0.3 is 5.97 Å². The third-order valence-electron chi connectivity index (χ3n) is 2.40. The topological polar surface area (TPSA) is 46.5 Å². The first-order chi connectivity index (χ1) is 8.10. The molecule has 0 fully saturated rings. The lowest BCUT2D eigenvalue weighted by Crippen LogP contribution is -2.13. The second-order valence-electron chi connectivity index (χ2n) is 3.70. The van der Waals surface area contributed by atoms with Crippen molar-refractivity contribution >= 4 is 17.7 Å². The van der Waals surface area contributed by atoms with Crippen molar-refractivity contribution in [3.05, 3.63) is 23.8 Å². The zero-order valence-corrected chi connectivity index (χ0v) is 11.2. The van der Waals surface area contributed by atoms with Gasteiger partial charge in [-0.15, -0.1) is 11.8 Å². The number of carboxylic acid groups (broad SMARTS) is 1. The molecule has 1 N–H and O–H groups in total. The van der Waals surface area contributed by atoms with Crippen LogP contribution >= 0.6 is 11.8 Å². The van der Waals surface area contributed by atoms with E-state index >= 15 is 0 Å². The molecule has 1 aromatic rings. The summed E-state index contributed by atoms with van der Waals surface area (Å²) >= 11 is 1.52. The summed E-state index contributed by atoms with van der Waals surface area (Å²) in [5.74, 6) is 0.373. The van der Waals surface area contributed by atoms with Crippen LogP contribution in [0.25, 0.3) is 0 Å². The molecular weight excluding hydrogens is 236 g/mol. The van der Waals surface area contributed by atoms with E-state index in [1.807, 2.05) is 32.9 Å². The molecule has 1 aromatic carbocycles. The second-order valence-corrected chi connectivity index (χ2v) is 5.01. The van der Waals surface area contributed by atoms with Crippen LogP contribution in [0.1, 0.15) is 37.6 Å². The third-order valence-corrected chi connectivity index (χ3v) is 3.34. The SMILES string of the molecule is CCSc1cccc(OC(C)CC)c1C(=O)O. The van der Waals surface area contributed by atoms with E-state index in [0.717, 1.165) is 17.1 Å². The van der Waals surface area contributed by atoms with Gasteiger partial charge in [0.1, 0.15) is 11.3 Å². The molecule has 1 rings (SSSR count). The normalized spacial score (nSPS) is 12.2. The molecule has 0 aliphatic heterocycles. The van der Waals surface area contributed by atoms with Crippen molar-refractivity contribution in [2.75, 3.05) is 5.75 Å². The van der Waals surface area contributed by atoms with Crippen LogP contribution in [0.5, 0.6) is 5.75 Å². The summed E-state index contributed by atoms with van der Waals surface area (Å²) < 4.78 is 5.65. The molecule has 0 amide bonds. The maximum atomic E-state index is 11.3. The standard InChI is InChI=1S/C13H18O3S/c1-4-9(3)16-10-7-6-8-11(17-5-2)12(10)13(14)15/h6-9H,4-5H2,1-3H3,(H,14,15). The Hall–Kier alpha value is -1.16. The summed E-state index contributed by atoms with van der Waals surface area (Å²) in [6.45, 7) is 5.94. The lowest BCUT2D eigenvalue weighted by Gasteiger charge is -2.16. The summed E-state index contributed by atoms with van der Waals surface area (Å²) in [5, 5.41) is 9.27. The number of carboxylic acids is 1. The maximum Gasteiger partial charge on any atom is 0.340 e. The molecule has 0 radical (unpaired) electrons. The minimum Gasteiger partial charge on any atom is -0.490 e. The van der Waals surface area contributed by atoms with Gasteiger partial charge in [0.05, 0.1) is 6.10 Å². The fourth-order valence-corrected chi connectivity index (χ4v) is 2.21. The molecule has 0 spiro atoms. The van der Waals surface area contributed by atoms with E-state index in [9.17, 15) is 9.90 Å². The second kappa shape index (κ2) is 6.55. The predicted molar refractivity (Wildman–Crippen MR) is 70.2 cm³/mol. The first kappa shape index (κ1) is 13.9. The summed E-state index contributed by atoms with van der Waals surface area (Å²) in [6.07, 6.45) is 0.875. The van der Waals surface area contributed by atoms with Gasteiger partial charge in [-0.3, -0.25) is 0 Å². The van der Waals surface area contributed by atoms with E-state index in [4.69, 9.17) is 4.74 Å². The molecule has 94 valence electrons. The van der Waals surface area contributed by atoms with Crippen molar-refractivity contribution in [3.8, 4) is 5.75 Å². The average Bonchev–Trinajstić information content (AvgIpc) is 2.29. The fraction of sp³-hybridized carbons (Fsp3) is 0.462. The molecule has 0 bridgehead atoms. The number of rotatable bonds is 6. The Morgan fingerprint density at radius 2 is 2.18 bits per heavy atom. The van der Waals surface area contributed by atoms with Crippen molar-refractivity contribution < 1.29 is 14.6 Å². The zero-order chi connectivity index (χ0) is 12.8. The van der Waals surface area contributed by atoms with E-state index in [2.05, 4.69) is 0 Å². The number of benzene rings is 1. The van der Waals surface area contributed by atoms with Gasteiger partial charge in [0.15, 0.2) is 0 Å². The predicted octanol–water partition coefficient (Wildman–Crippen LogP) is 3.67. The molecule has 3 nitrogen and oxygen atoms in total. The Kier molecular flexibility index (Phi) is 5.35. The van der Waals surface area contributed by atoms with E-state index in [1.54, 1.807) is 6.07 Å². The molecule has 0 heterocycles. The van der Waals surface area contributed by atoms with Gasteiger partial charge in [0.2, 0.25) is 0 Å². The Morgan fingerprint density at radius 3 is 2.71 bits per heavy atom. The highest BCUT2D eigenvalue weighted by Gasteiger charge is 2.17. The number of hydrogen-bond donors (Lipinski definition) is 1. The molecule has 4 heteroatoms. The number of aromatic carboxylic acids is 1. The van der Waals surface area contributed by atoms with Crippen LogP contribution in [0, 0.1) is 0 Å². The van der Waals surface area contributed by atoms with Gasteiger partial charge in [-0.05, 0) is 31.2 Å². The van der Waals surface area contributed by atoms with Gasteiger partial charge in [-0.25, -0.2) is 4.79 Å². The monoisotopic (exact) mass is 254 g/mol. The Morgan fingerprint density at radius 1 is 1.47 bits per heavy atom. The number of carbonyl (C=O) groups is 1. The molecule has 0 saturated carbocycles. The van der Waals surface area contributed by atoms with Gasteiger partial charge in [0, 0.05) is 4.90 Å². The van der Waals surface area contributed by atoms with Crippen LogP contribution in [0.3, 0.4) is 0 Å². The van der Waals surface area contributed by atoms with Crippen LogP contribution in [0.2, 0.25) is 0 Å². The summed E-state index contributed by atoms with van der Waals surface area (Å²) in [5.41, 5.74) is 0.277. The van der Waals surface area contributed by atoms with Gasteiger partial charge in [0.25, 0.3) is 0 Å². The number of hydrogen-bond acceptors (Lipinski definition) is 3. The first-order valence-corrected chi connectivity index (χ1v) is 6.74. The molecule has 17 heavy (non-hydrogen) atoms. The van der Waals surface area contributed by atoms with Gasteiger partial charge in [-0.2, -0.15) is 0 Å². The molecule has 0 saturated heterocycles. The molecule has 0 aliphatic rings. The summed E-state index contributed by atoms with van der Waals surface area (Å²) in [6, 6.07) is 5.37.